The van der Waals surface area contributed by atoms with Crippen LogP contribution in [0.3, 0.4) is 0 Å². The second kappa shape index (κ2) is 6.16. The summed E-state index contributed by atoms with van der Waals surface area (Å²) >= 11 is 11.9. The second-order valence-electron chi connectivity index (χ2n) is 4.57. The van der Waals surface area contributed by atoms with Crippen LogP contribution >= 0.6 is 23.2 Å². The van der Waals surface area contributed by atoms with Gasteiger partial charge in [-0.1, -0.05) is 35.3 Å². The van der Waals surface area contributed by atoms with E-state index < -0.39 is 0 Å². The molecule has 0 radical (unpaired) electrons. The van der Waals surface area contributed by atoms with Gasteiger partial charge in [0, 0.05) is 26.0 Å². The Kier molecular flexibility index (Phi) is 4.53. The zero-order valence-electron chi connectivity index (χ0n) is 11.3. The van der Waals surface area contributed by atoms with Crippen LogP contribution in [0.5, 0.6) is 0 Å². The molecule has 0 amide bonds. The summed E-state index contributed by atoms with van der Waals surface area (Å²) in [6.45, 7) is 0. The summed E-state index contributed by atoms with van der Waals surface area (Å²) < 4.78 is 0. The van der Waals surface area contributed by atoms with E-state index in [1.165, 1.54) is 0 Å². The Balaban J connectivity index is 2.21. The Morgan fingerprint density at radius 3 is 2.10 bits per heavy atom. The Morgan fingerprint density at radius 2 is 1.60 bits per heavy atom. The van der Waals surface area contributed by atoms with Crippen molar-refractivity contribution in [2.75, 3.05) is 24.7 Å². The van der Waals surface area contributed by atoms with Crippen LogP contribution < -0.4 is 10.6 Å². The van der Waals surface area contributed by atoms with E-state index in [-0.39, 0.29) is 0 Å². The molecule has 0 aromatic heterocycles. The highest BCUT2D eigenvalue weighted by Crippen LogP contribution is 2.32. The summed E-state index contributed by atoms with van der Waals surface area (Å²) in [5, 5.41) is 0.820. The number of anilines is 2. The fraction of sp³-hybridized carbons (Fsp3) is 0.133. The van der Waals surface area contributed by atoms with Gasteiger partial charge in [-0.25, -0.2) is 0 Å². The van der Waals surface area contributed by atoms with Crippen molar-refractivity contribution in [2.24, 2.45) is 4.99 Å². The van der Waals surface area contributed by atoms with E-state index in [9.17, 15) is 0 Å². The van der Waals surface area contributed by atoms with Gasteiger partial charge in [-0.2, -0.15) is 0 Å². The maximum atomic E-state index is 5.97. The number of halogens is 2. The van der Waals surface area contributed by atoms with E-state index >= 15 is 0 Å². The number of benzene rings is 2. The minimum atomic E-state index is 0.377. The van der Waals surface area contributed by atoms with Crippen molar-refractivity contribution in [1.82, 2.24) is 0 Å². The SMILES string of the molecule is CN(C)c1ccc(C=Nc2cc(Cl)c(N)c(Cl)c2)cc1. The molecule has 0 spiro atoms. The average Bonchev–Trinajstić information content (AvgIpc) is 2.42. The lowest BCUT2D eigenvalue weighted by Crippen LogP contribution is -2.08. The van der Waals surface area contributed by atoms with Gasteiger partial charge in [0.15, 0.2) is 0 Å². The summed E-state index contributed by atoms with van der Waals surface area (Å²) in [7, 11) is 4.00. The maximum absolute atomic E-state index is 5.97. The molecule has 0 atom stereocenters. The van der Waals surface area contributed by atoms with Crippen LogP contribution in [0.4, 0.5) is 17.1 Å². The molecule has 104 valence electrons. The first kappa shape index (κ1) is 14.7. The predicted molar refractivity (Wildman–Crippen MR) is 88.9 cm³/mol. The van der Waals surface area contributed by atoms with E-state index in [1.54, 1.807) is 18.3 Å². The van der Waals surface area contributed by atoms with E-state index in [1.807, 2.05) is 43.3 Å². The van der Waals surface area contributed by atoms with Gasteiger partial charge in [-0.05, 0) is 29.8 Å². The van der Waals surface area contributed by atoms with Crippen molar-refractivity contribution in [2.45, 2.75) is 0 Å². The van der Waals surface area contributed by atoms with E-state index in [4.69, 9.17) is 28.9 Å². The number of hydrogen-bond acceptors (Lipinski definition) is 3. The van der Waals surface area contributed by atoms with E-state index in [0.29, 0.717) is 21.4 Å². The van der Waals surface area contributed by atoms with E-state index in [0.717, 1.165) is 11.3 Å². The smallest absolute Gasteiger partial charge is 0.0694 e. The first-order chi connectivity index (χ1) is 9.47. The molecular weight excluding hydrogens is 293 g/mol. The third-order valence-electron chi connectivity index (χ3n) is 2.84. The third-order valence-corrected chi connectivity index (χ3v) is 3.46. The molecule has 0 aliphatic heterocycles. The molecule has 0 saturated carbocycles. The number of nitrogens with two attached hydrogens (primary N) is 1. The predicted octanol–water partition coefficient (Wildman–Crippen LogP) is 4.39. The molecule has 3 nitrogen and oxygen atoms in total. The minimum absolute atomic E-state index is 0.377. The first-order valence-corrected chi connectivity index (χ1v) is 6.79. The van der Waals surface area contributed by atoms with Crippen LogP contribution in [0.2, 0.25) is 10.0 Å². The van der Waals surface area contributed by atoms with Gasteiger partial charge in [0.25, 0.3) is 0 Å². The Hall–Kier alpha value is -1.71. The topological polar surface area (TPSA) is 41.6 Å². The normalized spacial score (nSPS) is 11.0. The highest BCUT2D eigenvalue weighted by Gasteiger charge is 2.03. The van der Waals surface area contributed by atoms with Crippen molar-refractivity contribution < 1.29 is 0 Å². The lowest BCUT2D eigenvalue weighted by Gasteiger charge is -2.11. The molecule has 0 unspecified atom stereocenters. The number of hydrogen-bond donors (Lipinski definition) is 1. The lowest BCUT2D eigenvalue weighted by molar-refractivity contribution is 1.13. The van der Waals surface area contributed by atoms with Gasteiger partial charge in [0.2, 0.25) is 0 Å². The Bertz CT molecular complexity index is 611. The zero-order chi connectivity index (χ0) is 14.7. The zero-order valence-corrected chi connectivity index (χ0v) is 12.8. The average molecular weight is 308 g/mol. The standard InChI is InChI=1S/C15H15Cl2N3/c1-20(2)12-5-3-10(4-6-12)9-19-11-7-13(16)15(18)14(17)8-11/h3-9H,18H2,1-2H3. The third kappa shape index (κ3) is 3.44. The summed E-state index contributed by atoms with van der Waals surface area (Å²) in [5.41, 5.74) is 8.87. The van der Waals surface area contributed by atoms with Crippen LogP contribution in [-0.4, -0.2) is 20.3 Å². The molecule has 20 heavy (non-hydrogen) atoms. The largest absolute Gasteiger partial charge is 0.396 e. The number of rotatable bonds is 3. The first-order valence-electron chi connectivity index (χ1n) is 6.03. The lowest BCUT2D eigenvalue weighted by atomic mass is 10.2. The fourth-order valence-electron chi connectivity index (χ4n) is 1.65. The molecule has 2 rings (SSSR count). The monoisotopic (exact) mass is 307 g/mol. The molecule has 0 aliphatic carbocycles. The molecule has 5 heteroatoms. The number of nitrogens with zero attached hydrogens (tertiary/aromatic N) is 2. The van der Waals surface area contributed by atoms with E-state index in [2.05, 4.69) is 4.99 Å². The van der Waals surface area contributed by atoms with Gasteiger partial charge in [-0.15, -0.1) is 0 Å². The van der Waals surface area contributed by atoms with Crippen molar-refractivity contribution in [3.63, 3.8) is 0 Å². The minimum Gasteiger partial charge on any atom is -0.396 e. The summed E-state index contributed by atoms with van der Waals surface area (Å²) in [4.78, 5) is 6.39. The van der Waals surface area contributed by atoms with Crippen LogP contribution in [0.25, 0.3) is 0 Å². The number of nitrogen functional groups attached to an aromatic ring is 1. The molecule has 0 heterocycles. The van der Waals surface area contributed by atoms with Crippen LogP contribution in [0.15, 0.2) is 41.4 Å². The van der Waals surface area contributed by atoms with Gasteiger partial charge in [0.05, 0.1) is 21.4 Å². The number of aliphatic imine (C=N–C) groups is 1. The molecule has 2 aromatic carbocycles. The highest BCUT2D eigenvalue weighted by atomic mass is 35.5. The maximum Gasteiger partial charge on any atom is 0.0694 e. The Labute approximate surface area is 128 Å². The van der Waals surface area contributed by atoms with Crippen LogP contribution in [0, 0.1) is 0 Å². The molecular formula is C15H15Cl2N3. The van der Waals surface area contributed by atoms with Gasteiger partial charge >= 0.3 is 0 Å². The summed E-state index contributed by atoms with van der Waals surface area (Å²) in [5.74, 6) is 0. The highest BCUT2D eigenvalue weighted by molar-refractivity contribution is 6.39. The molecule has 2 aromatic rings. The van der Waals surface area contributed by atoms with Crippen LogP contribution in [0.1, 0.15) is 5.56 Å². The molecule has 0 saturated heterocycles. The van der Waals surface area contributed by atoms with Gasteiger partial charge in [0.1, 0.15) is 0 Å². The Morgan fingerprint density at radius 1 is 1.05 bits per heavy atom. The molecule has 2 N–H and O–H groups in total. The van der Waals surface area contributed by atoms with Gasteiger partial charge < -0.3 is 10.6 Å². The van der Waals surface area contributed by atoms with Crippen molar-refractivity contribution in [3.8, 4) is 0 Å². The van der Waals surface area contributed by atoms with Crippen molar-refractivity contribution >= 4 is 46.5 Å². The molecule has 0 bridgehead atoms. The van der Waals surface area contributed by atoms with Crippen molar-refractivity contribution in [3.05, 3.63) is 52.0 Å². The molecule has 0 fully saturated rings. The van der Waals surface area contributed by atoms with Crippen LogP contribution in [-0.2, 0) is 0 Å². The molecule has 0 aliphatic rings. The quantitative estimate of drug-likeness (QED) is 0.675. The van der Waals surface area contributed by atoms with Gasteiger partial charge in [-0.3, -0.25) is 4.99 Å². The summed E-state index contributed by atoms with van der Waals surface area (Å²) in [6.07, 6.45) is 1.76. The summed E-state index contributed by atoms with van der Waals surface area (Å²) in [6, 6.07) is 11.4. The second-order valence-corrected chi connectivity index (χ2v) is 5.38. The fourth-order valence-corrected chi connectivity index (χ4v) is 2.13. The van der Waals surface area contributed by atoms with Crippen molar-refractivity contribution in [1.29, 1.82) is 0 Å².